The highest BCUT2D eigenvalue weighted by Gasteiger charge is 2.22. The Bertz CT molecular complexity index is 1980. The van der Waals surface area contributed by atoms with Gasteiger partial charge in [-0.1, -0.05) is 109 Å². The molecule has 41 heavy (non-hydrogen) atoms. The van der Waals surface area contributed by atoms with E-state index in [-0.39, 0.29) is 0 Å². The predicted molar refractivity (Wildman–Crippen MR) is 172 cm³/mol. The van der Waals surface area contributed by atoms with Crippen LogP contribution in [0, 0.1) is 0 Å². The molecule has 0 N–H and O–H groups in total. The Kier molecular flexibility index (Phi) is 5.49. The minimum Gasteiger partial charge on any atom is -0.309 e. The topological polar surface area (TPSA) is 16.1 Å². The number of aromatic nitrogens is 1. The molecule has 0 unspecified atom stereocenters. The molecule has 1 heterocycles. The Morgan fingerprint density at radius 1 is 0.366 bits per heavy atom. The fraction of sp³-hybridized carbons (Fsp3) is 0. The van der Waals surface area contributed by atoms with E-state index in [9.17, 15) is 0 Å². The number of hydrogen-bond donors (Lipinski definition) is 0. The number of nitrogens with zero attached hydrogens (tertiary/aromatic N) is 2. The number of hydrogen-bond acceptors (Lipinski definition) is 2. The minimum atomic E-state index is 1.02. The summed E-state index contributed by atoms with van der Waals surface area (Å²) in [5, 5.41) is 2.65. The maximum Gasteiger partial charge on any atom is 0.0644 e. The summed E-state index contributed by atoms with van der Waals surface area (Å²) in [6, 6.07) is 52.2. The Hall–Kier alpha value is -5.47. The van der Waals surface area contributed by atoms with Crippen molar-refractivity contribution in [3.05, 3.63) is 158 Å². The van der Waals surface area contributed by atoms with Crippen molar-refractivity contribution < 1.29 is 0 Å². The van der Waals surface area contributed by atoms with Crippen molar-refractivity contribution in [2.75, 3.05) is 4.90 Å². The molecule has 0 fully saturated rings. The lowest BCUT2D eigenvalue weighted by molar-refractivity contribution is 1.23. The van der Waals surface area contributed by atoms with Crippen LogP contribution in [-0.2, 0) is 0 Å². The Morgan fingerprint density at radius 2 is 0.951 bits per heavy atom. The summed E-state index contributed by atoms with van der Waals surface area (Å²) in [5.41, 5.74) is 13.4. The fourth-order valence-corrected chi connectivity index (χ4v) is 6.22. The standard InChI is InChI=1S/C39H26N2/c1-2-8-27(9-3-1)28-15-19-30(20-16-28)41(32-10-7-25-40-26-32)31-21-17-29(18-22-31)33-23-24-38-35-12-5-4-11-34(35)37-14-6-13-36(33)39(37)38/h1-26H. The van der Waals surface area contributed by atoms with Gasteiger partial charge in [-0.15, -0.1) is 0 Å². The fourth-order valence-electron chi connectivity index (χ4n) is 6.22. The van der Waals surface area contributed by atoms with Crippen LogP contribution in [0.5, 0.6) is 0 Å². The average Bonchev–Trinajstić information content (AvgIpc) is 3.38. The van der Waals surface area contributed by atoms with E-state index in [4.69, 9.17) is 0 Å². The molecular weight excluding hydrogens is 496 g/mol. The highest BCUT2D eigenvalue weighted by Crippen LogP contribution is 2.49. The summed E-state index contributed by atoms with van der Waals surface area (Å²) >= 11 is 0. The molecule has 0 aliphatic heterocycles. The first-order chi connectivity index (χ1) is 20.3. The molecule has 1 aliphatic carbocycles. The van der Waals surface area contributed by atoms with E-state index >= 15 is 0 Å². The van der Waals surface area contributed by atoms with Crippen LogP contribution in [0.4, 0.5) is 17.1 Å². The summed E-state index contributed by atoms with van der Waals surface area (Å²) < 4.78 is 0. The summed E-state index contributed by atoms with van der Waals surface area (Å²) in [6.45, 7) is 0. The number of anilines is 3. The second-order valence-corrected chi connectivity index (χ2v) is 10.4. The van der Waals surface area contributed by atoms with Gasteiger partial charge in [0, 0.05) is 17.6 Å². The van der Waals surface area contributed by atoms with Crippen LogP contribution in [-0.4, -0.2) is 4.98 Å². The van der Waals surface area contributed by atoms with Crippen LogP contribution in [0.15, 0.2) is 158 Å². The molecule has 0 amide bonds. The molecular formula is C39H26N2. The van der Waals surface area contributed by atoms with Gasteiger partial charge in [0.15, 0.2) is 0 Å². The zero-order valence-electron chi connectivity index (χ0n) is 22.4. The normalized spacial score (nSPS) is 11.4. The maximum absolute atomic E-state index is 4.42. The van der Waals surface area contributed by atoms with Crippen molar-refractivity contribution in [1.29, 1.82) is 0 Å². The lowest BCUT2D eigenvalue weighted by Crippen LogP contribution is -2.10. The molecule has 0 radical (unpaired) electrons. The summed E-state index contributed by atoms with van der Waals surface area (Å²) in [6.07, 6.45) is 3.73. The van der Waals surface area contributed by atoms with Gasteiger partial charge in [0.1, 0.15) is 0 Å². The first-order valence-electron chi connectivity index (χ1n) is 14.0. The third-order valence-electron chi connectivity index (χ3n) is 8.12. The summed E-state index contributed by atoms with van der Waals surface area (Å²) in [4.78, 5) is 6.68. The van der Waals surface area contributed by atoms with Crippen LogP contribution in [0.25, 0.3) is 55.3 Å². The van der Waals surface area contributed by atoms with E-state index in [1.54, 1.807) is 0 Å². The van der Waals surface area contributed by atoms with Gasteiger partial charge in [0.2, 0.25) is 0 Å². The van der Waals surface area contributed by atoms with Crippen molar-refractivity contribution in [3.63, 3.8) is 0 Å². The van der Waals surface area contributed by atoms with Crippen LogP contribution < -0.4 is 4.90 Å². The first-order valence-corrected chi connectivity index (χ1v) is 14.0. The second kappa shape index (κ2) is 9.62. The molecule has 0 spiro atoms. The lowest BCUT2D eigenvalue weighted by atomic mass is 9.94. The molecule has 2 nitrogen and oxygen atoms in total. The number of fused-ring (bicyclic) bond motifs is 3. The van der Waals surface area contributed by atoms with E-state index < -0.39 is 0 Å². The van der Waals surface area contributed by atoms with Crippen LogP contribution >= 0.6 is 0 Å². The van der Waals surface area contributed by atoms with Crippen LogP contribution in [0.1, 0.15) is 0 Å². The summed E-state index contributed by atoms with van der Waals surface area (Å²) in [7, 11) is 0. The Morgan fingerprint density at radius 3 is 1.63 bits per heavy atom. The lowest BCUT2D eigenvalue weighted by Gasteiger charge is -2.25. The van der Waals surface area contributed by atoms with Crippen molar-refractivity contribution in [3.8, 4) is 44.5 Å². The molecule has 2 heteroatoms. The zero-order valence-corrected chi connectivity index (χ0v) is 22.4. The predicted octanol–water partition coefficient (Wildman–Crippen LogP) is 10.7. The smallest absolute Gasteiger partial charge is 0.0644 e. The van der Waals surface area contributed by atoms with Crippen LogP contribution in [0.2, 0.25) is 0 Å². The van der Waals surface area contributed by atoms with Crippen molar-refractivity contribution in [2.45, 2.75) is 0 Å². The molecule has 0 atom stereocenters. The SMILES string of the molecule is c1ccc(-c2ccc(N(c3ccc(-c4ccc5c6c(cccc46)-c4ccccc4-5)cc3)c3cccnc3)cc2)cc1. The van der Waals surface area contributed by atoms with Gasteiger partial charge in [-0.2, -0.15) is 0 Å². The van der Waals surface area contributed by atoms with E-state index in [1.165, 1.54) is 55.3 Å². The quantitative estimate of drug-likeness (QED) is 0.223. The van der Waals surface area contributed by atoms with E-state index in [1.807, 2.05) is 24.5 Å². The number of benzene rings is 6. The van der Waals surface area contributed by atoms with Gasteiger partial charge in [0.05, 0.1) is 11.9 Å². The molecule has 8 rings (SSSR count). The Labute approximate surface area is 239 Å². The van der Waals surface area contributed by atoms with E-state index in [0.717, 1.165) is 17.1 Å². The van der Waals surface area contributed by atoms with Gasteiger partial charge in [0.25, 0.3) is 0 Å². The molecule has 7 aromatic rings. The third kappa shape index (κ3) is 3.92. The number of pyridine rings is 1. The van der Waals surface area contributed by atoms with E-state index in [0.29, 0.717) is 0 Å². The molecule has 0 saturated heterocycles. The van der Waals surface area contributed by atoms with Crippen LogP contribution in [0.3, 0.4) is 0 Å². The van der Waals surface area contributed by atoms with Gasteiger partial charge in [-0.25, -0.2) is 0 Å². The van der Waals surface area contributed by atoms with Gasteiger partial charge >= 0.3 is 0 Å². The summed E-state index contributed by atoms with van der Waals surface area (Å²) in [5.74, 6) is 0. The van der Waals surface area contributed by atoms with Crippen molar-refractivity contribution in [2.24, 2.45) is 0 Å². The molecule has 0 bridgehead atoms. The maximum atomic E-state index is 4.42. The van der Waals surface area contributed by atoms with Crippen molar-refractivity contribution in [1.82, 2.24) is 4.98 Å². The number of rotatable bonds is 5. The third-order valence-corrected chi connectivity index (χ3v) is 8.12. The molecule has 0 saturated carbocycles. The second-order valence-electron chi connectivity index (χ2n) is 10.4. The Balaban J connectivity index is 1.19. The molecule has 192 valence electrons. The minimum absolute atomic E-state index is 1.02. The van der Waals surface area contributed by atoms with Gasteiger partial charge in [-0.05, 0) is 91.7 Å². The molecule has 6 aromatic carbocycles. The van der Waals surface area contributed by atoms with Gasteiger partial charge < -0.3 is 4.90 Å². The van der Waals surface area contributed by atoms with Crippen molar-refractivity contribution >= 4 is 27.8 Å². The highest BCUT2D eigenvalue weighted by atomic mass is 15.1. The largest absolute Gasteiger partial charge is 0.309 e. The molecule has 1 aliphatic rings. The van der Waals surface area contributed by atoms with E-state index in [2.05, 4.69) is 143 Å². The average molecular weight is 523 g/mol. The zero-order chi connectivity index (χ0) is 27.2. The molecule has 1 aromatic heterocycles. The van der Waals surface area contributed by atoms with Gasteiger partial charge in [-0.3, -0.25) is 4.98 Å². The first kappa shape index (κ1) is 23.4. The monoisotopic (exact) mass is 522 g/mol. The highest BCUT2D eigenvalue weighted by molar-refractivity contribution is 6.18.